The van der Waals surface area contributed by atoms with Gasteiger partial charge in [-0.1, -0.05) is 48.0 Å². The zero-order chi connectivity index (χ0) is 12.3. The largest absolute Gasteiger partial charge is 0.380 e. The van der Waals surface area contributed by atoms with Crippen LogP contribution in [-0.4, -0.2) is 0 Å². The molecule has 2 aromatic carbocycles. The van der Waals surface area contributed by atoms with Crippen molar-refractivity contribution in [1.29, 1.82) is 0 Å². The van der Waals surface area contributed by atoms with E-state index in [0.29, 0.717) is 0 Å². The molecule has 2 heteroatoms. The van der Waals surface area contributed by atoms with E-state index in [9.17, 15) is 0 Å². The lowest BCUT2D eigenvalue weighted by molar-refractivity contribution is 1.13. The molecule has 0 aromatic heterocycles. The predicted molar refractivity (Wildman–Crippen MR) is 74.7 cm³/mol. The molecule has 1 N–H and O–H groups in total. The van der Waals surface area contributed by atoms with Crippen molar-refractivity contribution in [2.24, 2.45) is 0 Å². The van der Waals surface area contributed by atoms with Gasteiger partial charge in [-0.2, -0.15) is 0 Å². The van der Waals surface area contributed by atoms with E-state index >= 15 is 0 Å². The lowest BCUT2D eigenvalue weighted by atomic mass is 10.1. The summed E-state index contributed by atoms with van der Waals surface area (Å²) in [4.78, 5) is 0. The summed E-state index contributed by atoms with van der Waals surface area (Å²) in [6, 6.07) is 14.2. The minimum Gasteiger partial charge on any atom is -0.380 e. The van der Waals surface area contributed by atoms with Gasteiger partial charge < -0.3 is 5.32 Å². The van der Waals surface area contributed by atoms with Gasteiger partial charge in [0.2, 0.25) is 0 Å². The Morgan fingerprint density at radius 3 is 2.24 bits per heavy atom. The molecule has 0 amide bonds. The summed E-state index contributed by atoms with van der Waals surface area (Å²) in [5, 5.41) is 4.27. The van der Waals surface area contributed by atoms with E-state index in [1.165, 1.54) is 16.8 Å². The van der Waals surface area contributed by atoms with Crippen LogP contribution in [0.4, 0.5) is 5.69 Å². The van der Waals surface area contributed by atoms with Crippen molar-refractivity contribution < 1.29 is 0 Å². The summed E-state index contributed by atoms with van der Waals surface area (Å²) in [5.41, 5.74) is 4.85. The number of rotatable bonds is 3. The van der Waals surface area contributed by atoms with Gasteiger partial charge in [0.15, 0.2) is 0 Å². The van der Waals surface area contributed by atoms with Gasteiger partial charge in [0.05, 0.1) is 0 Å². The summed E-state index contributed by atoms with van der Waals surface area (Å²) in [7, 11) is 0. The second-order valence-corrected chi connectivity index (χ2v) is 4.62. The molecule has 0 spiro atoms. The highest BCUT2D eigenvalue weighted by Crippen LogP contribution is 2.22. The maximum atomic E-state index is 6.13. The normalized spacial score (nSPS) is 10.3. The monoisotopic (exact) mass is 245 g/mol. The highest BCUT2D eigenvalue weighted by atomic mass is 35.5. The fraction of sp³-hybridized carbons (Fsp3) is 0.200. The fourth-order valence-electron chi connectivity index (χ4n) is 1.92. The molecule has 2 rings (SSSR count). The minimum absolute atomic E-state index is 0.755. The van der Waals surface area contributed by atoms with Crippen LogP contribution in [0.5, 0.6) is 0 Å². The molecule has 17 heavy (non-hydrogen) atoms. The first kappa shape index (κ1) is 12.0. The molecule has 2 aromatic rings. The highest BCUT2D eigenvalue weighted by Gasteiger charge is 2.03. The quantitative estimate of drug-likeness (QED) is 0.835. The first-order chi connectivity index (χ1) is 8.18. The van der Waals surface area contributed by atoms with Crippen molar-refractivity contribution in [3.63, 3.8) is 0 Å². The molecule has 0 unspecified atom stereocenters. The van der Waals surface area contributed by atoms with Gasteiger partial charge in [-0.15, -0.1) is 0 Å². The Morgan fingerprint density at radius 2 is 1.59 bits per heavy atom. The van der Waals surface area contributed by atoms with E-state index in [4.69, 9.17) is 11.6 Å². The molecule has 0 fully saturated rings. The number of para-hydroxylation sites is 1. The molecule has 0 radical (unpaired) electrons. The number of nitrogens with one attached hydrogen (secondary N) is 1. The number of aryl methyl sites for hydroxylation is 2. The Morgan fingerprint density at radius 1 is 0.941 bits per heavy atom. The van der Waals surface area contributed by atoms with Crippen molar-refractivity contribution in [1.82, 2.24) is 0 Å². The standard InChI is InChI=1S/C15H16ClN/c1-11-6-5-7-12(2)15(11)17-10-13-8-3-4-9-14(13)16/h3-9,17H,10H2,1-2H3. The highest BCUT2D eigenvalue weighted by molar-refractivity contribution is 6.31. The molecular formula is C15H16ClN. The van der Waals surface area contributed by atoms with Crippen molar-refractivity contribution in [2.75, 3.05) is 5.32 Å². The number of benzene rings is 2. The van der Waals surface area contributed by atoms with Crippen LogP contribution in [0.15, 0.2) is 42.5 Å². The second kappa shape index (κ2) is 5.24. The molecule has 0 heterocycles. The van der Waals surface area contributed by atoms with Crippen LogP contribution in [-0.2, 0) is 6.54 Å². The van der Waals surface area contributed by atoms with E-state index in [1.54, 1.807) is 0 Å². The van der Waals surface area contributed by atoms with Gasteiger partial charge in [-0.25, -0.2) is 0 Å². The second-order valence-electron chi connectivity index (χ2n) is 4.21. The lowest BCUT2D eigenvalue weighted by Gasteiger charge is -2.13. The summed E-state index contributed by atoms with van der Waals surface area (Å²) < 4.78 is 0. The first-order valence-electron chi connectivity index (χ1n) is 5.72. The van der Waals surface area contributed by atoms with Gasteiger partial charge in [0.25, 0.3) is 0 Å². The van der Waals surface area contributed by atoms with Crippen LogP contribution >= 0.6 is 11.6 Å². The summed E-state index contributed by atoms with van der Waals surface area (Å²) >= 11 is 6.13. The van der Waals surface area contributed by atoms with Gasteiger partial charge >= 0.3 is 0 Å². The first-order valence-corrected chi connectivity index (χ1v) is 6.10. The SMILES string of the molecule is Cc1cccc(C)c1NCc1ccccc1Cl. The van der Waals surface area contributed by atoms with Gasteiger partial charge in [-0.05, 0) is 36.6 Å². The maximum absolute atomic E-state index is 6.13. The van der Waals surface area contributed by atoms with Crippen LogP contribution in [0.3, 0.4) is 0 Å². The molecular weight excluding hydrogens is 230 g/mol. The predicted octanol–water partition coefficient (Wildman–Crippen LogP) is 4.57. The van der Waals surface area contributed by atoms with Crippen molar-refractivity contribution in [3.05, 3.63) is 64.2 Å². The molecule has 88 valence electrons. The molecule has 0 atom stereocenters. The molecule has 0 saturated heterocycles. The lowest BCUT2D eigenvalue weighted by Crippen LogP contribution is -2.03. The Labute approximate surface area is 107 Å². The minimum atomic E-state index is 0.755. The van der Waals surface area contributed by atoms with Crippen molar-refractivity contribution >= 4 is 17.3 Å². The summed E-state index contributed by atoms with van der Waals surface area (Å²) in [6.07, 6.45) is 0. The number of hydrogen-bond donors (Lipinski definition) is 1. The van der Waals surface area contributed by atoms with Gasteiger partial charge in [0.1, 0.15) is 0 Å². The molecule has 0 aliphatic carbocycles. The average Bonchev–Trinajstić information content (AvgIpc) is 2.30. The zero-order valence-electron chi connectivity index (χ0n) is 10.1. The smallest absolute Gasteiger partial charge is 0.0455 e. The van der Waals surface area contributed by atoms with Crippen LogP contribution in [0.2, 0.25) is 5.02 Å². The molecule has 0 aliphatic heterocycles. The Kier molecular flexibility index (Phi) is 3.70. The van der Waals surface area contributed by atoms with Gasteiger partial charge in [-0.3, -0.25) is 0 Å². The third-order valence-electron chi connectivity index (χ3n) is 2.89. The number of anilines is 1. The van der Waals surface area contributed by atoms with Crippen LogP contribution in [0.1, 0.15) is 16.7 Å². The van der Waals surface area contributed by atoms with Crippen LogP contribution in [0, 0.1) is 13.8 Å². The van der Waals surface area contributed by atoms with E-state index in [1.807, 2.05) is 24.3 Å². The van der Waals surface area contributed by atoms with E-state index in [2.05, 4.69) is 37.4 Å². The third-order valence-corrected chi connectivity index (χ3v) is 3.26. The zero-order valence-corrected chi connectivity index (χ0v) is 10.9. The van der Waals surface area contributed by atoms with E-state index in [-0.39, 0.29) is 0 Å². The number of hydrogen-bond acceptors (Lipinski definition) is 1. The van der Waals surface area contributed by atoms with Crippen molar-refractivity contribution in [2.45, 2.75) is 20.4 Å². The third kappa shape index (κ3) is 2.80. The topological polar surface area (TPSA) is 12.0 Å². The Hall–Kier alpha value is -1.47. The van der Waals surface area contributed by atoms with Crippen LogP contribution < -0.4 is 5.32 Å². The average molecular weight is 246 g/mol. The maximum Gasteiger partial charge on any atom is 0.0455 e. The van der Waals surface area contributed by atoms with Crippen LogP contribution in [0.25, 0.3) is 0 Å². The Bertz CT molecular complexity index is 500. The summed E-state index contributed by atoms with van der Waals surface area (Å²) in [6.45, 7) is 4.98. The number of halogens is 1. The van der Waals surface area contributed by atoms with E-state index < -0.39 is 0 Å². The van der Waals surface area contributed by atoms with E-state index in [0.717, 1.165) is 17.1 Å². The summed E-state index contributed by atoms with van der Waals surface area (Å²) in [5.74, 6) is 0. The fourth-order valence-corrected chi connectivity index (χ4v) is 2.12. The van der Waals surface area contributed by atoms with Gasteiger partial charge in [0, 0.05) is 17.3 Å². The molecule has 0 bridgehead atoms. The molecule has 0 aliphatic rings. The Balaban J connectivity index is 2.16. The molecule has 0 saturated carbocycles. The molecule has 1 nitrogen and oxygen atoms in total. The van der Waals surface area contributed by atoms with Crippen molar-refractivity contribution in [3.8, 4) is 0 Å².